The van der Waals surface area contributed by atoms with Gasteiger partial charge in [0.25, 0.3) is 0 Å². The number of aryl methyl sites for hydroxylation is 3. The summed E-state index contributed by atoms with van der Waals surface area (Å²) in [6.45, 7) is 7.55. The molecule has 1 aliphatic carbocycles. The Hall–Kier alpha value is -2.56. The molecular formula is C25H34N4O. The lowest BCUT2D eigenvalue weighted by molar-refractivity contribution is 0.414. The van der Waals surface area contributed by atoms with Crippen molar-refractivity contribution in [3.05, 3.63) is 40.7 Å². The number of aromatic nitrogens is 3. The monoisotopic (exact) mass is 406 g/mol. The average molecular weight is 407 g/mol. The van der Waals surface area contributed by atoms with Gasteiger partial charge in [0.2, 0.25) is 0 Å². The van der Waals surface area contributed by atoms with Crippen LogP contribution in [0.4, 0.5) is 5.82 Å². The lowest BCUT2D eigenvalue weighted by atomic mass is 10.0. The molecule has 0 radical (unpaired) electrons. The minimum absolute atomic E-state index is 0.881. The van der Waals surface area contributed by atoms with Gasteiger partial charge in [0.05, 0.1) is 12.8 Å². The topological polar surface area (TPSA) is 42.7 Å². The van der Waals surface area contributed by atoms with Gasteiger partial charge in [0.1, 0.15) is 11.6 Å². The van der Waals surface area contributed by atoms with Crippen LogP contribution in [0.3, 0.4) is 0 Å². The van der Waals surface area contributed by atoms with Gasteiger partial charge in [-0.25, -0.2) is 4.98 Å². The predicted molar refractivity (Wildman–Crippen MR) is 124 cm³/mol. The summed E-state index contributed by atoms with van der Waals surface area (Å²) in [7, 11) is 3.93. The quantitative estimate of drug-likeness (QED) is 0.462. The number of ether oxygens (including phenoxy) is 1. The van der Waals surface area contributed by atoms with Crippen LogP contribution in [0.5, 0.6) is 5.75 Å². The Bertz CT molecular complexity index is 1050. The number of nitrogens with zero attached hydrogens (tertiary/aromatic N) is 4. The molecule has 0 bridgehead atoms. The number of fused-ring (bicyclic) bond motifs is 2. The number of anilines is 1. The second-order valence-corrected chi connectivity index (χ2v) is 8.57. The van der Waals surface area contributed by atoms with Gasteiger partial charge in [-0.05, 0) is 62.8 Å². The van der Waals surface area contributed by atoms with E-state index in [-0.39, 0.29) is 0 Å². The summed E-state index contributed by atoms with van der Waals surface area (Å²) >= 11 is 0. The van der Waals surface area contributed by atoms with E-state index in [4.69, 9.17) is 14.8 Å². The van der Waals surface area contributed by atoms with Crippen molar-refractivity contribution in [2.75, 3.05) is 25.6 Å². The molecule has 0 spiro atoms. The number of rotatable bonds is 8. The number of hydrogen-bond acceptors (Lipinski definition) is 4. The molecule has 0 fully saturated rings. The Kier molecular flexibility index (Phi) is 5.98. The molecule has 0 amide bonds. The second-order valence-electron chi connectivity index (χ2n) is 8.57. The largest absolute Gasteiger partial charge is 0.497 e. The number of unbranched alkanes of at least 4 members (excludes halogenated alkanes) is 3. The van der Waals surface area contributed by atoms with Crippen LogP contribution in [0.25, 0.3) is 16.8 Å². The highest BCUT2D eigenvalue weighted by atomic mass is 16.5. The van der Waals surface area contributed by atoms with Crippen molar-refractivity contribution < 1.29 is 4.74 Å². The van der Waals surface area contributed by atoms with Crippen LogP contribution < -0.4 is 9.64 Å². The number of methoxy groups -OCH3 is 1. The van der Waals surface area contributed by atoms with Gasteiger partial charge in [-0.3, -0.25) is 0 Å². The van der Waals surface area contributed by atoms with E-state index in [2.05, 4.69) is 49.4 Å². The third kappa shape index (κ3) is 3.66. The van der Waals surface area contributed by atoms with E-state index in [0.29, 0.717) is 0 Å². The molecule has 2 aromatic heterocycles. The fourth-order valence-corrected chi connectivity index (χ4v) is 4.75. The second kappa shape index (κ2) is 8.66. The van der Waals surface area contributed by atoms with Crippen LogP contribution >= 0.6 is 0 Å². The van der Waals surface area contributed by atoms with Crippen molar-refractivity contribution in [3.63, 3.8) is 0 Å². The molecular weight excluding hydrogens is 372 g/mol. The van der Waals surface area contributed by atoms with Crippen molar-refractivity contribution >= 4 is 11.5 Å². The molecule has 5 nitrogen and oxygen atoms in total. The summed E-state index contributed by atoms with van der Waals surface area (Å²) in [5.74, 6) is 2.12. The van der Waals surface area contributed by atoms with Crippen LogP contribution in [-0.4, -0.2) is 35.3 Å². The summed E-state index contributed by atoms with van der Waals surface area (Å²) in [6, 6.07) is 6.26. The first-order valence-electron chi connectivity index (χ1n) is 11.3. The van der Waals surface area contributed by atoms with Crippen molar-refractivity contribution in [1.82, 2.24) is 14.6 Å². The molecule has 1 aromatic carbocycles. The molecule has 3 aromatic rings. The first kappa shape index (κ1) is 20.7. The molecule has 0 saturated carbocycles. The van der Waals surface area contributed by atoms with Crippen LogP contribution in [0.1, 0.15) is 61.5 Å². The zero-order chi connectivity index (χ0) is 21.3. The maximum atomic E-state index is 5.41. The normalized spacial score (nSPS) is 13.1. The number of benzene rings is 1. The zero-order valence-electron chi connectivity index (χ0n) is 19.1. The van der Waals surface area contributed by atoms with Gasteiger partial charge in [0, 0.05) is 30.4 Å². The van der Waals surface area contributed by atoms with E-state index in [1.54, 1.807) is 7.11 Å². The summed E-state index contributed by atoms with van der Waals surface area (Å²) < 4.78 is 7.52. The minimum atomic E-state index is 0.881. The molecule has 0 unspecified atom stereocenters. The highest BCUT2D eigenvalue weighted by Gasteiger charge is 2.26. The highest BCUT2D eigenvalue weighted by Crippen LogP contribution is 2.37. The summed E-state index contributed by atoms with van der Waals surface area (Å²) in [5, 5.41) is 5.00. The molecule has 4 rings (SSSR count). The van der Waals surface area contributed by atoms with Gasteiger partial charge in [-0.15, -0.1) is 0 Å². The molecule has 0 aliphatic heterocycles. The maximum Gasteiger partial charge on any atom is 0.165 e. The van der Waals surface area contributed by atoms with E-state index in [1.165, 1.54) is 60.3 Å². The Morgan fingerprint density at radius 3 is 2.70 bits per heavy atom. The van der Waals surface area contributed by atoms with Gasteiger partial charge in [-0.1, -0.05) is 32.3 Å². The lowest BCUT2D eigenvalue weighted by Gasteiger charge is -2.23. The average Bonchev–Trinajstić information content (AvgIpc) is 3.32. The van der Waals surface area contributed by atoms with Gasteiger partial charge < -0.3 is 9.64 Å². The Labute approximate surface area is 180 Å². The molecule has 30 heavy (non-hydrogen) atoms. The molecule has 0 saturated heterocycles. The summed E-state index contributed by atoms with van der Waals surface area (Å²) in [4.78, 5) is 7.54. The van der Waals surface area contributed by atoms with Crippen molar-refractivity contribution in [2.24, 2.45) is 0 Å². The fourth-order valence-electron chi connectivity index (χ4n) is 4.75. The molecule has 0 atom stereocenters. The molecule has 160 valence electrons. The van der Waals surface area contributed by atoms with Crippen molar-refractivity contribution in [1.29, 1.82) is 0 Å². The van der Waals surface area contributed by atoms with E-state index in [1.807, 2.05) is 6.07 Å². The van der Waals surface area contributed by atoms with Gasteiger partial charge in [-0.2, -0.15) is 9.61 Å². The van der Waals surface area contributed by atoms with Crippen LogP contribution in [-0.2, 0) is 12.8 Å². The third-order valence-electron chi connectivity index (χ3n) is 6.35. The standard InChI is InChI=1S/C25H34N4O/c1-6-7-8-9-15-28(4)25-21-11-10-12-22(21)26-24-23(18(3)27-29(24)25)20-14-13-19(30-5)16-17(20)2/h13-14,16H,6-12,15H2,1-5H3. The van der Waals surface area contributed by atoms with E-state index < -0.39 is 0 Å². The highest BCUT2D eigenvalue weighted by molar-refractivity contribution is 5.83. The molecule has 2 heterocycles. The summed E-state index contributed by atoms with van der Waals surface area (Å²) in [6.07, 6.45) is 8.42. The Balaban J connectivity index is 1.83. The first-order valence-corrected chi connectivity index (χ1v) is 11.3. The minimum Gasteiger partial charge on any atom is -0.497 e. The molecule has 1 aliphatic rings. The van der Waals surface area contributed by atoms with Crippen LogP contribution in [0, 0.1) is 13.8 Å². The Morgan fingerprint density at radius 2 is 1.97 bits per heavy atom. The summed E-state index contributed by atoms with van der Waals surface area (Å²) in [5.41, 5.74) is 8.17. The maximum absolute atomic E-state index is 5.41. The predicted octanol–water partition coefficient (Wildman–Crippen LogP) is 5.53. The van der Waals surface area contributed by atoms with Crippen molar-refractivity contribution in [2.45, 2.75) is 65.7 Å². The van der Waals surface area contributed by atoms with E-state index in [0.717, 1.165) is 42.0 Å². The Morgan fingerprint density at radius 1 is 1.13 bits per heavy atom. The SMILES string of the molecule is CCCCCCN(C)c1c2c(nc3c(-c4ccc(OC)cc4C)c(C)nn13)CCC2. The first-order chi connectivity index (χ1) is 14.5. The van der Waals surface area contributed by atoms with Gasteiger partial charge in [0.15, 0.2) is 5.65 Å². The molecule has 0 N–H and O–H groups in total. The van der Waals surface area contributed by atoms with Crippen LogP contribution in [0.2, 0.25) is 0 Å². The van der Waals surface area contributed by atoms with Gasteiger partial charge >= 0.3 is 0 Å². The zero-order valence-corrected chi connectivity index (χ0v) is 19.1. The third-order valence-corrected chi connectivity index (χ3v) is 6.35. The fraction of sp³-hybridized carbons (Fsp3) is 0.520. The lowest BCUT2D eigenvalue weighted by Crippen LogP contribution is -2.24. The smallest absolute Gasteiger partial charge is 0.165 e. The molecule has 5 heteroatoms. The number of hydrogen-bond donors (Lipinski definition) is 0. The van der Waals surface area contributed by atoms with E-state index in [9.17, 15) is 0 Å². The van der Waals surface area contributed by atoms with E-state index >= 15 is 0 Å². The van der Waals surface area contributed by atoms with Crippen molar-refractivity contribution in [3.8, 4) is 16.9 Å². The van der Waals surface area contributed by atoms with Crippen LogP contribution in [0.15, 0.2) is 18.2 Å².